The van der Waals surface area contributed by atoms with Gasteiger partial charge in [-0.1, -0.05) is 33.1 Å². The van der Waals surface area contributed by atoms with Gasteiger partial charge in [-0.25, -0.2) is 0 Å². The van der Waals surface area contributed by atoms with Gasteiger partial charge >= 0.3 is 0 Å². The van der Waals surface area contributed by atoms with Gasteiger partial charge in [-0.15, -0.1) is 0 Å². The van der Waals surface area contributed by atoms with Crippen LogP contribution in [0.2, 0.25) is 0 Å². The van der Waals surface area contributed by atoms with Gasteiger partial charge in [0.1, 0.15) is 0 Å². The van der Waals surface area contributed by atoms with Crippen LogP contribution in [0.25, 0.3) is 0 Å². The summed E-state index contributed by atoms with van der Waals surface area (Å²) in [5.74, 6) is 0.833. The molecule has 0 bridgehead atoms. The Bertz CT molecular complexity index is 197. The molecule has 1 atom stereocenters. The number of likely N-dealkylation sites (N-methyl/N-ethyl adjacent to an activating group) is 1. The minimum atomic E-state index is 0.673. The molecule has 1 N–H and O–H groups in total. The lowest BCUT2D eigenvalue weighted by molar-refractivity contribution is 0.190. The Balaban J connectivity index is 2.05. The Hall–Kier alpha value is -0.0800. The van der Waals surface area contributed by atoms with Gasteiger partial charge in [-0.05, 0) is 45.6 Å². The fraction of sp³-hybridized carbons (Fsp3) is 1.00. The summed E-state index contributed by atoms with van der Waals surface area (Å²) < 4.78 is 0. The maximum absolute atomic E-state index is 3.67. The van der Waals surface area contributed by atoms with Gasteiger partial charge < -0.3 is 10.2 Å². The van der Waals surface area contributed by atoms with Gasteiger partial charge in [-0.2, -0.15) is 0 Å². The van der Waals surface area contributed by atoms with Gasteiger partial charge in [0, 0.05) is 25.2 Å². The van der Waals surface area contributed by atoms with E-state index < -0.39 is 0 Å². The molecule has 0 aliphatic heterocycles. The van der Waals surface area contributed by atoms with Crippen molar-refractivity contribution in [1.82, 2.24) is 10.2 Å². The number of rotatable bonds is 8. The highest BCUT2D eigenvalue weighted by Crippen LogP contribution is 2.21. The third kappa shape index (κ3) is 6.75. The summed E-state index contributed by atoms with van der Waals surface area (Å²) in [5.41, 5.74) is 0. The van der Waals surface area contributed by atoms with E-state index in [0.29, 0.717) is 6.04 Å². The number of hydrogen-bond acceptors (Lipinski definition) is 2. The van der Waals surface area contributed by atoms with Crippen molar-refractivity contribution >= 4 is 0 Å². The summed E-state index contributed by atoms with van der Waals surface area (Å²) in [4.78, 5) is 2.57. The zero-order valence-corrected chi connectivity index (χ0v) is 13.0. The molecular weight excluding hydrogens is 220 g/mol. The lowest BCUT2D eigenvalue weighted by Crippen LogP contribution is -2.40. The van der Waals surface area contributed by atoms with E-state index in [0.717, 1.165) is 18.5 Å². The molecule has 1 unspecified atom stereocenters. The topological polar surface area (TPSA) is 15.3 Å². The van der Waals surface area contributed by atoms with Crippen LogP contribution in [0.1, 0.15) is 65.7 Å². The molecule has 0 aromatic rings. The molecule has 1 fully saturated rings. The molecule has 2 nitrogen and oxygen atoms in total. The highest BCUT2D eigenvalue weighted by Gasteiger charge is 2.17. The SMILES string of the molecule is CC(C)CCC(C)NCCN(C)C1CCCCC1. The van der Waals surface area contributed by atoms with Crippen molar-refractivity contribution in [2.75, 3.05) is 20.1 Å². The van der Waals surface area contributed by atoms with Crippen LogP contribution < -0.4 is 5.32 Å². The molecule has 0 aromatic carbocycles. The largest absolute Gasteiger partial charge is 0.313 e. The third-order valence-electron chi connectivity index (χ3n) is 4.33. The summed E-state index contributed by atoms with van der Waals surface area (Å²) >= 11 is 0. The molecule has 0 heterocycles. The maximum Gasteiger partial charge on any atom is 0.0107 e. The van der Waals surface area contributed by atoms with Crippen molar-refractivity contribution in [3.63, 3.8) is 0 Å². The molecule has 0 radical (unpaired) electrons. The fourth-order valence-electron chi connectivity index (χ4n) is 2.88. The maximum atomic E-state index is 3.67. The smallest absolute Gasteiger partial charge is 0.0107 e. The van der Waals surface area contributed by atoms with Crippen molar-refractivity contribution in [1.29, 1.82) is 0 Å². The summed E-state index contributed by atoms with van der Waals surface area (Å²) in [6.07, 6.45) is 9.81. The van der Waals surface area contributed by atoms with Crippen molar-refractivity contribution in [2.24, 2.45) is 5.92 Å². The standard InChI is InChI=1S/C16H34N2/c1-14(2)10-11-15(3)17-12-13-18(4)16-8-6-5-7-9-16/h14-17H,5-13H2,1-4H3. The van der Waals surface area contributed by atoms with E-state index in [2.05, 4.69) is 38.0 Å². The van der Waals surface area contributed by atoms with E-state index in [4.69, 9.17) is 0 Å². The molecule has 18 heavy (non-hydrogen) atoms. The Kier molecular flexibility index (Phi) is 7.92. The van der Waals surface area contributed by atoms with Gasteiger partial charge in [0.15, 0.2) is 0 Å². The van der Waals surface area contributed by atoms with E-state index in [1.54, 1.807) is 0 Å². The van der Waals surface area contributed by atoms with Crippen molar-refractivity contribution in [2.45, 2.75) is 77.8 Å². The van der Waals surface area contributed by atoms with Crippen LogP contribution in [-0.2, 0) is 0 Å². The summed E-state index contributed by atoms with van der Waals surface area (Å²) in [6, 6.07) is 1.53. The van der Waals surface area contributed by atoms with Gasteiger partial charge in [-0.3, -0.25) is 0 Å². The molecule has 0 saturated heterocycles. The van der Waals surface area contributed by atoms with Crippen LogP contribution in [0.15, 0.2) is 0 Å². The zero-order valence-electron chi connectivity index (χ0n) is 13.0. The minimum absolute atomic E-state index is 0.673. The van der Waals surface area contributed by atoms with Crippen LogP contribution >= 0.6 is 0 Å². The summed E-state index contributed by atoms with van der Waals surface area (Å²) in [7, 11) is 2.30. The van der Waals surface area contributed by atoms with Crippen LogP contribution in [0.3, 0.4) is 0 Å². The minimum Gasteiger partial charge on any atom is -0.313 e. The van der Waals surface area contributed by atoms with Crippen molar-refractivity contribution in [3.8, 4) is 0 Å². The highest BCUT2D eigenvalue weighted by molar-refractivity contribution is 4.74. The molecule has 0 amide bonds. The quantitative estimate of drug-likeness (QED) is 0.711. The Morgan fingerprint density at radius 2 is 1.72 bits per heavy atom. The first-order valence-corrected chi connectivity index (χ1v) is 8.03. The fourth-order valence-corrected chi connectivity index (χ4v) is 2.88. The van der Waals surface area contributed by atoms with Crippen LogP contribution in [0.5, 0.6) is 0 Å². The van der Waals surface area contributed by atoms with E-state index in [9.17, 15) is 0 Å². The molecule has 2 heteroatoms. The Morgan fingerprint density at radius 3 is 2.33 bits per heavy atom. The molecular formula is C16H34N2. The average molecular weight is 254 g/mol. The lowest BCUT2D eigenvalue weighted by Gasteiger charge is -2.31. The third-order valence-corrected chi connectivity index (χ3v) is 4.33. The normalized spacial score (nSPS) is 19.7. The second-order valence-electron chi connectivity index (χ2n) is 6.60. The molecule has 0 aromatic heterocycles. The van der Waals surface area contributed by atoms with Crippen LogP contribution in [-0.4, -0.2) is 37.1 Å². The summed E-state index contributed by atoms with van der Waals surface area (Å²) in [6.45, 7) is 9.29. The van der Waals surface area contributed by atoms with E-state index >= 15 is 0 Å². The molecule has 108 valence electrons. The van der Waals surface area contributed by atoms with Gasteiger partial charge in [0.05, 0.1) is 0 Å². The lowest BCUT2D eigenvalue weighted by atomic mass is 9.94. The Morgan fingerprint density at radius 1 is 1.06 bits per heavy atom. The monoisotopic (exact) mass is 254 g/mol. The van der Waals surface area contributed by atoms with Crippen molar-refractivity contribution < 1.29 is 0 Å². The Labute approximate surface area is 115 Å². The molecule has 1 aliphatic rings. The predicted octanol–water partition coefficient (Wildman–Crippen LogP) is 3.67. The molecule has 1 aliphatic carbocycles. The zero-order chi connectivity index (χ0) is 13.4. The number of nitrogens with one attached hydrogen (secondary N) is 1. The first-order valence-electron chi connectivity index (χ1n) is 8.03. The van der Waals surface area contributed by atoms with Crippen LogP contribution in [0.4, 0.5) is 0 Å². The van der Waals surface area contributed by atoms with E-state index in [-0.39, 0.29) is 0 Å². The predicted molar refractivity (Wildman–Crippen MR) is 81.0 cm³/mol. The van der Waals surface area contributed by atoms with E-state index in [1.807, 2.05) is 0 Å². The van der Waals surface area contributed by atoms with E-state index in [1.165, 1.54) is 51.5 Å². The number of nitrogens with zero attached hydrogens (tertiary/aromatic N) is 1. The second kappa shape index (κ2) is 8.92. The molecule has 1 rings (SSSR count). The van der Waals surface area contributed by atoms with Gasteiger partial charge in [0.2, 0.25) is 0 Å². The highest BCUT2D eigenvalue weighted by atomic mass is 15.1. The first kappa shape index (κ1) is 16.0. The summed E-state index contributed by atoms with van der Waals surface area (Å²) in [5, 5.41) is 3.67. The first-order chi connectivity index (χ1) is 8.59. The van der Waals surface area contributed by atoms with Crippen LogP contribution in [0, 0.1) is 5.92 Å². The van der Waals surface area contributed by atoms with Gasteiger partial charge in [0.25, 0.3) is 0 Å². The molecule has 0 spiro atoms. The van der Waals surface area contributed by atoms with Crippen molar-refractivity contribution in [3.05, 3.63) is 0 Å². The average Bonchev–Trinajstić information content (AvgIpc) is 2.37. The second-order valence-corrected chi connectivity index (χ2v) is 6.60. The number of hydrogen-bond donors (Lipinski definition) is 1. The molecule has 1 saturated carbocycles.